The first-order valence-electron chi connectivity index (χ1n) is 2.80. The van der Waals surface area contributed by atoms with Crippen LogP contribution in [0.15, 0.2) is 0 Å². The van der Waals surface area contributed by atoms with E-state index in [1.807, 2.05) is 0 Å². The predicted octanol–water partition coefficient (Wildman–Crippen LogP) is -1.34. The normalized spacial score (nSPS) is 17.3. The molecule has 4 heteroatoms. The van der Waals surface area contributed by atoms with Crippen LogP contribution in [0, 0.1) is 0 Å². The van der Waals surface area contributed by atoms with Crippen molar-refractivity contribution in [3.8, 4) is 0 Å². The predicted molar refractivity (Wildman–Crippen MR) is 32.7 cm³/mol. The summed E-state index contributed by atoms with van der Waals surface area (Å²) >= 11 is 0. The first kappa shape index (κ1) is 8.84. The molecule has 0 bridgehead atoms. The second-order valence-corrected chi connectivity index (χ2v) is 1.93. The van der Waals surface area contributed by atoms with Gasteiger partial charge < -0.3 is 20.7 Å². The van der Waals surface area contributed by atoms with Crippen LogP contribution >= 0.6 is 0 Å². The molecule has 0 aromatic heterocycles. The molecule has 0 spiro atoms. The summed E-state index contributed by atoms with van der Waals surface area (Å²) in [4.78, 5) is 0. The van der Waals surface area contributed by atoms with Gasteiger partial charge in [0.25, 0.3) is 0 Å². The van der Waals surface area contributed by atoms with E-state index < -0.39 is 6.10 Å². The van der Waals surface area contributed by atoms with E-state index in [1.165, 1.54) is 0 Å². The average molecular weight is 135 g/mol. The Morgan fingerprint density at radius 3 is 2.56 bits per heavy atom. The molecular formula is C5H13NO3. The van der Waals surface area contributed by atoms with E-state index in [9.17, 15) is 0 Å². The minimum atomic E-state index is -0.683. The molecule has 0 saturated carbocycles. The molecule has 9 heavy (non-hydrogen) atoms. The fraction of sp³-hybridized carbons (Fsp3) is 1.00. The van der Waals surface area contributed by atoms with Crippen LogP contribution in [0.25, 0.3) is 0 Å². The lowest BCUT2D eigenvalue weighted by atomic mass is 10.2. The van der Waals surface area contributed by atoms with Crippen molar-refractivity contribution in [3.05, 3.63) is 0 Å². The Labute approximate surface area is 54.2 Å². The van der Waals surface area contributed by atoms with Gasteiger partial charge in [-0.25, -0.2) is 0 Å². The third-order valence-corrected chi connectivity index (χ3v) is 0.987. The Hall–Kier alpha value is -0.160. The second kappa shape index (κ2) is 4.69. The van der Waals surface area contributed by atoms with Crippen LogP contribution in [0.4, 0.5) is 0 Å². The molecule has 4 N–H and O–H groups in total. The highest BCUT2D eigenvalue weighted by Gasteiger charge is 2.07. The molecule has 4 nitrogen and oxygen atoms in total. The molecular weight excluding hydrogens is 122 g/mol. The monoisotopic (exact) mass is 135 g/mol. The highest BCUT2D eigenvalue weighted by molar-refractivity contribution is 4.64. The quantitative estimate of drug-likeness (QED) is 0.417. The van der Waals surface area contributed by atoms with Crippen LogP contribution in [0.5, 0.6) is 0 Å². The Morgan fingerprint density at radius 2 is 2.22 bits per heavy atom. The lowest BCUT2D eigenvalue weighted by molar-refractivity contribution is -0.0457. The van der Waals surface area contributed by atoms with Gasteiger partial charge in [-0.15, -0.1) is 0 Å². The zero-order valence-electron chi connectivity index (χ0n) is 5.45. The lowest BCUT2D eigenvalue weighted by Crippen LogP contribution is -2.35. The van der Waals surface area contributed by atoms with Gasteiger partial charge in [-0.3, -0.25) is 0 Å². The number of aliphatic hydroxyl groups is 2. The third-order valence-electron chi connectivity index (χ3n) is 0.987. The SMILES string of the molecule is C[C@@H](N)[C@H](O)COCO. The maximum absolute atomic E-state index is 8.90. The molecule has 0 aliphatic rings. The molecule has 0 rings (SSSR count). The Balaban J connectivity index is 3.16. The van der Waals surface area contributed by atoms with Crippen molar-refractivity contribution in [1.82, 2.24) is 0 Å². The average Bonchev–Trinajstić information content (AvgIpc) is 1.82. The van der Waals surface area contributed by atoms with Gasteiger partial charge in [-0.1, -0.05) is 0 Å². The topological polar surface area (TPSA) is 75.7 Å². The van der Waals surface area contributed by atoms with Gasteiger partial charge in [0.1, 0.15) is 6.79 Å². The number of hydrogen-bond donors (Lipinski definition) is 3. The van der Waals surface area contributed by atoms with Gasteiger partial charge in [0.2, 0.25) is 0 Å². The van der Waals surface area contributed by atoms with Crippen LogP contribution in [0.2, 0.25) is 0 Å². The first-order valence-corrected chi connectivity index (χ1v) is 2.80. The van der Waals surface area contributed by atoms with Gasteiger partial charge in [-0.2, -0.15) is 0 Å². The molecule has 0 saturated heterocycles. The zero-order valence-corrected chi connectivity index (χ0v) is 5.45. The van der Waals surface area contributed by atoms with E-state index in [1.54, 1.807) is 6.92 Å². The summed E-state index contributed by atoms with van der Waals surface area (Å²) in [5.41, 5.74) is 5.27. The second-order valence-electron chi connectivity index (χ2n) is 1.93. The fourth-order valence-corrected chi connectivity index (χ4v) is 0.325. The first-order chi connectivity index (χ1) is 4.18. The Kier molecular flexibility index (Phi) is 4.61. The van der Waals surface area contributed by atoms with Crippen LogP contribution < -0.4 is 5.73 Å². The molecule has 56 valence electrons. The number of aliphatic hydroxyl groups excluding tert-OH is 2. The van der Waals surface area contributed by atoms with E-state index in [4.69, 9.17) is 15.9 Å². The van der Waals surface area contributed by atoms with Crippen molar-refractivity contribution in [2.75, 3.05) is 13.4 Å². The summed E-state index contributed by atoms with van der Waals surface area (Å²) in [5, 5.41) is 17.0. The maximum atomic E-state index is 8.90. The van der Waals surface area contributed by atoms with Gasteiger partial charge >= 0.3 is 0 Å². The fourth-order valence-electron chi connectivity index (χ4n) is 0.325. The van der Waals surface area contributed by atoms with Gasteiger partial charge in [-0.05, 0) is 6.92 Å². The molecule has 0 heterocycles. The Morgan fingerprint density at radius 1 is 1.67 bits per heavy atom. The highest BCUT2D eigenvalue weighted by atomic mass is 16.6. The van der Waals surface area contributed by atoms with E-state index in [0.717, 1.165) is 0 Å². The summed E-state index contributed by atoms with van der Waals surface area (Å²) < 4.78 is 4.48. The number of rotatable bonds is 4. The van der Waals surface area contributed by atoms with Crippen molar-refractivity contribution >= 4 is 0 Å². The zero-order chi connectivity index (χ0) is 7.28. The summed E-state index contributed by atoms with van der Waals surface area (Å²) in [6, 6.07) is -0.309. The highest BCUT2D eigenvalue weighted by Crippen LogP contribution is 1.88. The van der Waals surface area contributed by atoms with E-state index >= 15 is 0 Å². The molecule has 2 atom stereocenters. The van der Waals surface area contributed by atoms with Crippen LogP contribution in [0.3, 0.4) is 0 Å². The van der Waals surface area contributed by atoms with E-state index in [0.29, 0.717) is 0 Å². The Bertz CT molecular complexity index is 67.2. The van der Waals surface area contributed by atoms with Crippen molar-refractivity contribution < 1.29 is 14.9 Å². The van der Waals surface area contributed by atoms with E-state index in [-0.39, 0.29) is 19.4 Å². The number of hydrogen-bond acceptors (Lipinski definition) is 4. The summed E-state index contributed by atoms with van der Waals surface area (Å²) in [6.07, 6.45) is -0.683. The standard InChI is InChI=1S/C5H13NO3/c1-4(6)5(8)2-9-3-7/h4-5,7-8H,2-3,6H2,1H3/t4-,5-/m1/s1. The van der Waals surface area contributed by atoms with Crippen molar-refractivity contribution in [3.63, 3.8) is 0 Å². The molecule has 0 aromatic rings. The van der Waals surface area contributed by atoms with Crippen LogP contribution in [0.1, 0.15) is 6.92 Å². The van der Waals surface area contributed by atoms with Crippen molar-refractivity contribution in [2.24, 2.45) is 5.73 Å². The molecule has 0 radical (unpaired) electrons. The number of ether oxygens (including phenoxy) is 1. The summed E-state index contributed by atoms with van der Waals surface area (Å²) in [5.74, 6) is 0. The molecule has 0 fully saturated rings. The summed E-state index contributed by atoms with van der Waals surface area (Å²) in [7, 11) is 0. The van der Waals surface area contributed by atoms with Crippen molar-refractivity contribution in [2.45, 2.75) is 19.1 Å². The van der Waals surface area contributed by atoms with Gasteiger partial charge in [0.05, 0.1) is 12.7 Å². The minimum Gasteiger partial charge on any atom is -0.389 e. The third kappa shape index (κ3) is 4.35. The molecule has 0 unspecified atom stereocenters. The maximum Gasteiger partial charge on any atom is 0.143 e. The number of nitrogens with two attached hydrogens (primary N) is 1. The molecule has 0 aliphatic heterocycles. The lowest BCUT2D eigenvalue weighted by Gasteiger charge is -2.12. The largest absolute Gasteiger partial charge is 0.389 e. The van der Waals surface area contributed by atoms with Crippen LogP contribution in [-0.2, 0) is 4.74 Å². The molecule has 0 aromatic carbocycles. The molecule has 0 amide bonds. The van der Waals surface area contributed by atoms with E-state index in [2.05, 4.69) is 4.74 Å². The van der Waals surface area contributed by atoms with Gasteiger partial charge in [0, 0.05) is 6.04 Å². The van der Waals surface area contributed by atoms with Crippen LogP contribution in [-0.4, -0.2) is 35.8 Å². The minimum absolute atomic E-state index is 0.0914. The smallest absolute Gasteiger partial charge is 0.143 e. The van der Waals surface area contributed by atoms with Crippen molar-refractivity contribution in [1.29, 1.82) is 0 Å². The van der Waals surface area contributed by atoms with Gasteiger partial charge in [0.15, 0.2) is 0 Å². The molecule has 0 aliphatic carbocycles. The summed E-state index contributed by atoms with van der Waals surface area (Å²) in [6.45, 7) is 1.39.